The summed E-state index contributed by atoms with van der Waals surface area (Å²) in [5, 5.41) is 3.13. The largest absolute Gasteiger partial charge is 0.465 e. The number of sulfonamides is 1. The van der Waals surface area contributed by atoms with Crippen molar-refractivity contribution in [3.63, 3.8) is 0 Å². The fraction of sp³-hybridized carbons (Fsp3) is 0.412. The summed E-state index contributed by atoms with van der Waals surface area (Å²) >= 11 is 7.15. The Morgan fingerprint density at radius 1 is 1.37 bits per heavy atom. The molecule has 0 aromatic heterocycles. The van der Waals surface area contributed by atoms with Gasteiger partial charge in [-0.05, 0) is 30.7 Å². The van der Waals surface area contributed by atoms with Gasteiger partial charge in [-0.15, -0.1) is 11.8 Å². The fourth-order valence-electron chi connectivity index (χ4n) is 2.35. The number of thioether (sulfide) groups is 1. The van der Waals surface area contributed by atoms with E-state index in [-0.39, 0.29) is 24.8 Å². The van der Waals surface area contributed by atoms with Gasteiger partial charge in [-0.3, -0.25) is 9.59 Å². The first-order chi connectivity index (χ1) is 12.8. The van der Waals surface area contributed by atoms with Crippen LogP contribution in [0.15, 0.2) is 30.3 Å². The van der Waals surface area contributed by atoms with Crippen LogP contribution in [-0.4, -0.2) is 61.2 Å². The SMILES string of the molecule is CCOC(=O)C1CSCN1S(=O)(=O)CCNC(=O)/C=C/c1ccc(Cl)cc1. The Morgan fingerprint density at radius 3 is 2.74 bits per heavy atom. The molecule has 1 amide bonds. The number of hydrogen-bond acceptors (Lipinski definition) is 6. The number of esters is 1. The Balaban J connectivity index is 1.85. The summed E-state index contributed by atoms with van der Waals surface area (Å²) in [7, 11) is -3.68. The van der Waals surface area contributed by atoms with Gasteiger partial charge in [0.15, 0.2) is 0 Å². The molecule has 148 valence electrons. The van der Waals surface area contributed by atoms with Crippen molar-refractivity contribution in [1.82, 2.24) is 9.62 Å². The van der Waals surface area contributed by atoms with Gasteiger partial charge in [0.2, 0.25) is 15.9 Å². The number of benzene rings is 1. The van der Waals surface area contributed by atoms with Crippen LogP contribution < -0.4 is 5.32 Å². The second kappa shape index (κ2) is 10.1. The third-order valence-corrected chi connectivity index (χ3v) is 6.96. The minimum Gasteiger partial charge on any atom is -0.465 e. The Labute approximate surface area is 168 Å². The predicted octanol–water partition coefficient (Wildman–Crippen LogP) is 1.74. The Morgan fingerprint density at radius 2 is 2.07 bits per heavy atom. The summed E-state index contributed by atoms with van der Waals surface area (Å²) in [6, 6.07) is 6.13. The van der Waals surface area contributed by atoms with Crippen LogP contribution >= 0.6 is 23.4 Å². The Kier molecular flexibility index (Phi) is 8.15. The van der Waals surface area contributed by atoms with Gasteiger partial charge < -0.3 is 10.1 Å². The maximum Gasteiger partial charge on any atom is 0.325 e. The highest BCUT2D eigenvalue weighted by Gasteiger charge is 2.39. The van der Waals surface area contributed by atoms with E-state index in [1.54, 1.807) is 37.3 Å². The van der Waals surface area contributed by atoms with E-state index in [1.165, 1.54) is 17.8 Å². The number of ether oxygens (including phenoxy) is 1. The summed E-state index contributed by atoms with van der Waals surface area (Å²) < 4.78 is 31.0. The Bertz CT molecular complexity index is 796. The molecule has 27 heavy (non-hydrogen) atoms. The first-order valence-electron chi connectivity index (χ1n) is 8.29. The molecule has 0 aliphatic carbocycles. The van der Waals surface area contributed by atoms with Gasteiger partial charge in [0.05, 0.1) is 18.2 Å². The minimum absolute atomic E-state index is 0.0527. The number of halogens is 1. The van der Waals surface area contributed by atoms with Crippen molar-refractivity contribution in [2.45, 2.75) is 13.0 Å². The third kappa shape index (κ3) is 6.53. The molecule has 0 spiro atoms. The van der Waals surface area contributed by atoms with Crippen molar-refractivity contribution < 1.29 is 22.7 Å². The van der Waals surface area contributed by atoms with E-state index in [9.17, 15) is 18.0 Å². The van der Waals surface area contributed by atoms with E-state index < -0.39 is 27.9 Å². The highest BCUT2D eigenvalue weighted by Crippen LogP contribution is 2.25. The average molecular weight is 433 g/mol. The molecular formula is C17H21ClN2O5S2. The second-order valence-electron chi connectivity index (χ2n) is 5.65. The molecule has 1 aromatic rings. The highest BCUT2D eigenvalue weighted by molar-refractivity contribution is 8.00. The van der Waals surface area contributed by atoms with E-state index in [1.807, 2.05) is 0 Å². The van der Waals surface area contributed by atoms with E-state index in [0.717, 1.165) is 9.87 Å². The monoisotopic (exact) mass is 432 g/mol. The van der Waals surface area contributed by atoms with Crippen LogP contribution in [0.5, 0.6) is 0 Å². The van der Waals surface area contributed by atoms with Gasteiger partial charge in [-0.25, -0.2) is 8.42 Å². The van der Waals surface area contributed by atoms with Crippen molar-refractivity contribution in [1.29, 1.82) is 0 Å². The van der Waals surface area contributed by atoms with E-state index >= 15 is 0 Å². The maximum absolute atomic E-state index is 12.5. The number of carbonyl (C=O) groups is 2. The smallest absolute Gasteiger partial charge is 0.325 e. The zero-order valence-corrected chi connectivity index (χ0v) is 17.1. The zero-order valence-electron chi connectivity index (χ0n) is 14.8. The first-order valence-corrected chi connectivity index (χ1v) is 11.4. The molecule has 0 saturated carbocycles. The number of hydrogen-bond donors (Lipinski definition) is 1. The molecule has 0 bridgehead atoms. The van der Waals surface area contributed by atoms with Crippen LogP contribution in [0.2, 0.25) is 5.02 Å². The number of rotatable bonds is 8. The molecule has 2 rings (SSSR count). The lowest BCUT2D eigenvalue weighted by Crippen LogP contribution is -2.45. The summed E-state index contributed by atoms with van der Waals surface area (Å²) in [6.07, 6.45) is 2.93. The van der Waals surface area contributed by atoms with E-state index in [0.29, 0.717) is 10.8 Å². The standard InChI is InChI=1S/C17H21ClN2O5S2/c1-2-25-17(22)15-11-26-12-20(15)27(23,24)10-9-19-16(21)8-5-13-3-6-14(18)7-4-13/h3-8,15H,2,9-12H2,1H3,(H,19,21)/b8-5+. The van der Waals surface area contributed by atoms with Gasteiger partial charge in [-0.1, -0.05) is 23.7 Å². The lowest BCUT2D eigenvalue weighted by atomic mass is 10.2. The summed E-state index contributed by atoms with van der Waals surface area (Å²) in [4.78, 5) is 23.7. The molecule has 0 radical (unpaired) electrons. The van der Waals surface area contributed by atoms with Gasteiger partial charge in [0, 0.05) is 23.4 Å². The number of nitrogens with zero attached hydrogens (tertiary/aromatic N) is 1. The molecule has 1 heterocycles. The molecule has 7 nitrogen and oxygen atoms in total. The lowest BCUT2D eigenvalue weighted by molar-refractivity contribution is -0.146. The van der Waals surface area contributed by atoms with Crippen LogP contribution in [0.3, 0.4) is 0 Å². The molecule has 1 N–H and O–H groups in total. The van der Waals surface area contributed by atoms with Crippen molar-refractivity contribution in [2.75, 3.05) is 30.5 Å². The Hall–Kier alpha value is -1.55. The first kappa shape index (κ1) is 21.7. The number of amides is 1. The summed E-state index contributed by atoms with van der Waals surface area (Å²) in [5.41, 5.74) is 0.800. The molecule has 1 aliphatic rings. The average Bonchev–Trinajstić information content (AvgIpc) is 3.12. The van der Waals surface area contributed by atoms with Crippen molar-refractivity contribution in [3.05, 3.63) is 40.9 Å². The molecule has 1 unspecified atom stereocenters. The van der Waals surface area contributed by atoms with Crippen LogP contribution in [0.1, 0.15) is 12.5 Å². The van der Waals surface area contributed by atoms with Crippen LogP contribution in [-0.2, 0) is 24.3 Å². The molecule has 1 fully saturated rings. The highest BCUT2D eigenvalue weighted by atomic mass is 35.5. The minimum atomic E-state index is -3.68. The van der Waals surface area contributed by atoms with E-state index in [2.05, 4.69) is 5.32 Å². The number of carbonyl (C=O) groups excluding carboxylic acids is 2. The van der Waals surface area contributed by atoms with Crippen LogP contribution in [0.25, 0.3) is 6.08 Å². The molecule has 10 heteroatoms. The fourth-order valence-corrected chi connectivity index (χ4v) is 5.58. The second-order valence-corrected chi connectivity index (χ2v) is 9.12. The van der Waals surface area contributed by atoms with Crippen molar-refractivity contribution in [3.8, 4) is 0 Å². The molecule has 1 saturated heterocycles. The molecule has 1 aromatic carbocycles. The molecule has 1 aliphatic heterocycles. The van der Waals surface area contributed by atoms with Gasteiger partial charge in [0.1, 0.15) is 6.04 Å². The van der Waals surface area contributed by atoms with Gasteiger partial charge in [-0.2, -0.15) is 4.31 Å². The quantitative estimate of drug-likeness (QED) is 0.496. The van der Waals surface area contributed by atoms with Gasteiger partial charge in [0.25, 0.3) is 0 Å². The lowest BCUT2D eigenvalue weighted by Gasteiger charge is -2.21. The predicted molar refractivity (Wildman–Crippen MR) is 107 cm³/mol. The van der Waals surface area contributed by atoms with Crippen molar-refractivity contribution in [2.24, 2.45) is 0 Å². The number of nitrogens with one attached hydrogen (secondary N) is 1. The van der Waals surface area contributed by atoms with Gasteiger partial charge >= 0.3 is 5.97 Å². The third-order valence-electron chi connectivity index (χ3n) is 3.71. The maximum atomic E-state index is 12.5. The normalized spacial score (nSPS) is 17.9. The summed E-state index contributed by atoms with van der Waals surface area (Å²) in [6.45, 7) is 1.82. The van der Waals surface area contributed by atoms with Crippen LogP contribution in [0, 0.1) is 0 Å². The summed E-state index contributed by atoms with van der Waals surface area (Å²) in [5.74, 6) is -0.659. The van der Waals surface area contributed by atoms with Crippen LogP contribution in [0.4, 0.5) is 0 Å². The molecule has 1 atom stereocenters. The topological polar surface area (TPSA) is 92.8 Å². The molecular weight excluding hydrogens is 412 g/mol. The van der Waals surface area contributed by atoms with E-state index in [4.69, 9.17) is 16.3 Å². The van der Waals surface area contributed by atoms with Crippen molar-refractivity contribution >= 4 is 51.3 Å². The zero-order chi connectivity index (χ0) is 19.9.